The number of benzene rings is 3. The number of halogens is 1. The van der Waals surface area contributed by atoms with Crippen molar-refractivity contribution < 1.29 is 13.2 Å². The van der Waals surface area contributed by atoms with Gasteiger partial charge in [0.15, 0.2) is 9.84 Å². The first kappa shape index (κ1) is 17.5. The summed E-state index contributed by atoms with van der Waals surface area (Å²) >= 11 is 6.21. The molecule has 3 rings (SSSR count). The molecule has 0 spiro atoms. The molecule has 0 heterocycles. The van der Waals surface area contributed by atoms with Gasteiger partial charge >= 0.3 is 0 Å². The van der Waals surface area contributed by atoms with E-state index in [-0.39, 0.29) is 15.7 Å². The molecule has 0 atom stereocenters. The Labute approximate surface area is 152 Å². The number of hydrogen-bond donors (Lipinski definition) is 0. The Hall–Kier alpha value is -2.30. The van der Waals surface area contributed by atoms with Crippen molar-refractivity contribution in [3.05, 3.63) is 77.8 Å². The highest BCUT2D eigenvalue weighted by molar-refractivity contribution is 7.91. The second-order valence-electron chi connectivity index (χ2n) is 5.49. The Bertz CT molecular complexity index is 983. The average molecular weight is 373 g/mol. The molecule has 0 aromatic heterocycles. The van der Waals surface area contributed by atoms with Crippen LogP contribution in [0.5, 0.6) is 11.5 Å². The van der Waals surface area contributed by atoms with Gasteiger partial charge in [0.25, 0.3) is 0 Å². The smallest absolute Gasteiger partial charge is 0.178 e. The summed E-state index contributed by atoms with van der Waals surface area (Å²) in [6.07, 6.45) is 0. The maximum absolute atomic E-state index is 11.9. The van der Waals surface area contributed by atoms with Gasteiger partial charge < -0.3 is 4.74 Å². The van der Waals surface area contributed by atoms with E-state index in [0.29, 0.717) is 11.5 Å². The molecule has 0 aliphatic rings. The van der Waals surface area contributed by atoms with Crippen LogP contribution >= 0.6 is 11.6 Å². The summed E-state index contributed by atoms with van der Waals surface area (Å²) in [5.74, 6) is 1.08. The molecule has 0 bridgehead atoms. The number of hydrogen-bond acceptors (Lipinski definition) is 3. The summed E-state index contributed by atoms with van der Waals surface area (Å²) in [6, 6.07) is 22.2. The monoisotopic (exact) mass is 372 g/mol. The Morgan fingerprint density at radius 1 is 0.880 bits per heavy atom. The van der Waals surface area contributed by atoms with Crippen LogP contribution in [0.3, 0.4) is 0 Å². The van der Waals surface area contributed by atoms with Gasteiger partial charge in [-0.3, -0.25) is 0 Å². The van der Waals surface area contributed by atoms with Crippen LogP contribution < -0.4 is 4.74 Å². The molecule has 0 saturated carbocycles. The van der Waals surface area contributed by atoms with Gasteiger partial charge in [0.05, 0.1) is 15.7 Å². The molecule has 0 radical (unpaired) electrons. The minimum atomic E-state index is -3.29. The maximum Gasteiger partial charge on any atom is 0.178 e. The first-order valence-electron chi connectivity index (χ1n) is 7.85. The third-order valence-electron chi connectivity index (χ3n) is 3.81. The number of sulfone groups is 1. The van der Waals surface area contributed by atoms with Gasteiger partial charge in [-0.1, -0.05) is 61.0 Å². The zero-order valence-electron chi connectivity index (χ0n) is 13.6. The lowest BCUT2D eigenvalue weighted by atomic mass is 10.1. The third-order valence-corrected chi connectivity index (χ3v) is 5.84. The van der Waals surface area contributed by atoms with Crippen LogP contribution in [-0.2, 0) is 9.84 Å². The first-order chi connectivity index (χ1) is 12.0. The molecule has 128 valence electrons. The predicted octanol–water partition coefficient (Wildman–Crippen LogP) is 5.59. The Morgan fingerprint density at radius 3 is 2.28 bits per heavy atom. The molecule has 0 saturated heterocycles. The number of rotatable bonds is 5. The van der Waals surface area contributed by atoms with Crippen molar-refractivity contribution in [1.29, 1.82) is 0 Å². The molecular formula is C20H17ClO3S. The van der Waals surface area contributed by atoms with Gasteiger partial charge in [0.2, 0.25) is 0 Å². The third kappa shape index (κ3) is 4.03. The quantitative estimate of drug-likeness (QED) is 0.586. The van der Waals surface area contributed by atoms with Crippen LogP contribution in [0.15, 0.2) is 77.7 Å². The van der Waals surface area contributed by atoms with E-state index in [1.807, 2.05) is 54.6 Å². The van der Waals surface area contributed by atoms with Crippen molar-refractivity contribution in [3.63, 3.8) is 0 Å². The fourth-order valence-corrected chi connectivity index (χ4v) is 3.61. The zero-order valence-corrected chi connectivity index (χ0v) is 15.2. The summed E-state index contributed by atoms with van der Waals surface area (Å²) in [5.41, 5.74) is 2.11. The highest BCUT2D eigenvalue weighted by Crippen LogP contribution is 2.33. The first-order valence-corrected chi connectivity index (χ1v) is 9.88. The van der Waals surface area contributed by atoms with Gasteiger partial charge in [-0.05, 0) is 41.5 Å². The van der Waals surface area contributed by atoms with Crippen molar-refractivity contribution in [1.82, 2.24) is 0 Å². The summed E-state index contributed by atoms with van der Waals surface area (Å²) < 4.78 is 29.7. The van der Waals surface area contributed by atoms with Crippen LogP contribution in [0.2, 0.25) is 5.02 Å². The topological polar surface area (TPSA) is 43.4 Å². The highest BCUT2D eigenvalue weighted by atomic mass is 35.5. The minimum Gasteiger partial charge on any atom is -0.456 e. The van der Waals surface area contributed by atoms with E-state index in [9.17, 15) is 8.42 Å². The van der Waals surface area contributed by atoms with E-state index in [4.69, 9.17) is 16.3 Å². The van der Waals surface area contributed by atoms with Gasteiger partial charge in [0, 0.05) is 0 Å². The fourth-order valence-electron chi connectivity index (χ4n) is 2.42. The van der Waals surface area contributed by atoms with E-state index in [1.54, 1.807) is 13.0 Å². The highest BCUT2D eigenvalue weighted by Gasteiger charge is 2.14. The second kappa shape index (κ2) is 7.30. The lowest BCUT2D eigenvalue weighted by molar-refractivity contribution is 0.482. The van der Waals surface area contributed by atoms with Crippen molar-refractivity contribution >= 4 is 21.4 Å². The van der Waals surface area contributed by atoms with E-state index in [2.05, 4.69) is 0 Å². The molecule has 3 aromatic rings. The molecule has 25 heavy (non-hydrogen) atoms. The van der Waals surface area contributed by atoms with Crippen LogP contribution in [-0.4, -0.2) is 14.2 Å². The Kier molecular flexibility index (Phi) is 5.11. The SMILES string of the molecule is CCS(=O)(=O)c1ccc(Oc2cccc(-c3ccccc3)c2)c(Cl)c1. The van der Waals surface area contributed by atoms with Crippen molar-refractivity contribution in [3.8, 4) is 22.6 Å². The molecule has 0 fully saturated rings. The van der Waals surface area contributed by atoms with Gasteiger partial charge in [-0.25, -0.2) is 8.42 Å². The summed E-state index contributed by atoms with van der Waals surface area (Å²) in [7, 11) is -3.29. The lowest BCUT2D eigenvalue weighted by Gasteiger charge is -2.10. The summed E-state index contributed by atoms with van der Waals surface area (Å²) in [6.45, 7) is 1.60. The Morgan fingerprint density at radius 2 is 1.60 bits per heavy atom. The van der Waals surface area contributed by atoms with Gasteiger partial charge in [0.1, 0.15) is 11.5 Å². The van der Waals surface area contributed by atoms with E-state index < -0.39 is 9.84 Å². The standard InChI is InChI=1S/C20H17ClO3S/c1-2-25(22,23)18-11-12-20(19(21)14-18)24-17-10-6-9-16(13-17)15-7-4-3-5-8-15/h3-14H,2H2,1H3. The molecular weight excluding hydrogens is 356 g/mol. The average Bonchev–Trinajstić information content (AvgIpc) is 2.64. The van der Waals surface area contributed by atoms with Crippen molar-refractivity contribution in [2.75, 3.05) is 5.75 Å². The molecule has 5 heteroatoms. The molecule has 0 unspecified atom stereocenters. The van der Waals surface area contributed by atoms with E-state index in [0.717, 1.165) is 11.1 Å². The molecule has 0 aliphatic carbocycles. The van der Waals surface area contributed by atoms with Crippen LogP contribution in [0.25, 0.3) is 11.1 Å². The van der Waals surface area contributed by atoms with Crippen LogP contribution in [0.4, 0.5) is 0 Å². The molecule has 0 N–H and O–H groups in total. The predicted molar refractivity (Wildman–Crippen MR) is 101 cm³/mol. The van der Waals surface area contributed by atoms with E-state index in [1.165, 1.54) is 12.1 Å². The molecule has 3 nitrogen and oxygen atoms in total. The summed E-state index contributed by atoms with van der Waals surface area (Å²) in [4.78, 5) is 0.199. The van der Waals surface area contributed by atoms with Gasteiger partial charge in [-0.2, -0.15) is 0 Å². The van der Waals surface area contributed by atoms with Crippen molar-refractivity contribution in [2.24, 2.45) is 0 Å². The van der Waals surface area contributed by atoms with Crippen LogP contribution in [0.1, 0.15) is 6.92 Å². The maximum atomic E-state index is 11.9. The van der Waals surface area contributed by atoms with Crippen LogP contribution in [0, 0.1) is 0 Å². The molecule has 3 aromatic carbocycles. The van der Waals surface area contributed by atoms with Gasteiger partial charge in [-0.15, -0.1) is 0 Å². The largest absolute Gasteiger partial charge is 0.456 e. The molecule has 0 amide bonds. The fraction of sp³-hybridized carbons (Fsp3) is 0.100. The minimum absolute atomic E-state index is 0.0304. The lowest BCUT2D eigenvalue weighted by Crippen LogP contribution is -2.03. The van der Waals surface area contributed by atoms with Crippen molar-refractivity contribution in [2.45, 2.75) is 11.8 Å². The zero-order chi connectivity index (χ0) is 17.9. The molecule has 0 aliphatic heterocycles. The normalized spacial score (nSPS) is 11.3. The number of ether oxygens (including phenoxy) is 1. The second-order valence-corrected chi connectivity index (χ2v) is 8.18. The Balaban J connectivity index is 1.88. The van der Waals surface area contributed by atoms with E-state index >= 15 is 0 Å². The summed E-state index contributed by atoms with van der Waals surface area (Å²) in [5, 5.41) is 0.264.